The summed E-state index contributed by atoms with van der Waals surface area (Å²) in [5, 5.41) is 4.47. The van der Waals surface area contributed by atoms with Gasteiger partial charge in [0.15, 0.2) is 0 Å². The van der Waals surface area contributed by atoms with Crippen LogP contribution in [0.4, 0.5) is 11.4 Å². The molecule has 3 unspecified atom stereocenters. The van der Waals surface area contributed by atoms with Gasteiger partial charge in [-0.25, -0.2) is 15.2 Å². The molecule has 2 saturated heterocycles. The molecular formula is C22H24N4O4. The SMILES string of the molecule is COC(=O)c1ccc(NC(=O)C2CN(C)CC3C(=O)N(c4ccccc4)NC23)cc1. The third kappa shape index (κ3) is 3.79. The van der Waals surface area contributed by atoms with Gasteiger partial charge in [0.2, 0.25) is 11.8 Å². The normalized spacial score (nSPS) is 23.7. The quantitative estimate of drug-likeness (QED) is 0.746. The summed E-state index contributed by atoms with van der Waals surface area (Å²) in [6.07, 6.45) is 0. The molecule has 0 bridgehead atoms. The Labute approximate surface area is 174 Å². The smallest absolute Gasteiger partial charge is 0.337 e. The van der Waals surface area contributed by atoms with Crippen LogP contribution in [0.15, 0.2) is 54.6 Å². The molecule has 156 valence electrons. The molecule has 2 aliphatic heterocycles. The number of hydrazine groups is 1. The van der Waals surface area contributed by atoms with Crippen molar-refractivity contribution in [2.75, 3.05) is 37.6 Å². The number of carbonyl (C=O) groups excluding carboxylic acids is 3. The van der Waals surface area contributed by atoms with Crippen LogP contribution in [0.2, 0.25) is 0 Å². The molecule has 0 aromatic heterocycles. The van der Waals surface area contributed by atoms with Crippen LogP contribution >= 0.6 is 0 Å². The van der Waals surface area contributed by atoms with Crippen molar-refractivity contribution in [3.63, 3.8) is 0 Å². The van der Waals surface area contributed by atoms with Gasteiger partial charge in [0.25, 0.3) is 0 Å². The van der Waals surface area contributed by atoms with Gasteiger partial charge in [0, 0.05) is 18.8 Å². The molecule has 3 atom stereocenters. The Balaban J connectivity index is 1.51. The van der Waals surface area contributed by atoms with Crippen molar-refractivity contribution in [1.29, 1.82) is 0 Å². The highest BCUT2D eigenvalue weighted by atomic mass is 16.5. The fourth-order valence-corrected chi connectivity index (χ4v) is 4.11. The van der Waals surface area contributed by atoms with Crippen LogP contribution in [-0.2, 0) is 14.3 Å². The average molecular weight is 408 g/mol. The molecule has 2 heterocycles. The minimum absolute atomic E-state index is 0.0296. The summed E-state index contributed by atoms with van der Waals surface area (Å²) in [6, 6.07) is 15.6. The molecule has 2 N–H and O–H groups in total. The van der Waals surface area contributed by atoms with E-state index in [1.54, 1.807) is 29.3 Å². The molecule has 0 spiro atoms. The number of carbonyl (C=O) groups is 3. The fraction of sp³-hybridized carbons (Fsp3) is 0.318. The van der Waals surface area contributed by atoms with Crippen molar-refractivity contribution in [3.8, 4) is 0 Å². The number of fused-ring (bicyclic) bond motifs is 1. The van der Waals surface area contributed by atoms with Crippen molar-refractivity contribution >= 4 is 29.2 Å². The van der Waals surface area contributed by atoms with E-state index in [1.807, 2.05) is 42.3 Å². The number of amides is 2. The number of esters is 1. The van der Waals surface area contributed by atoms with Gasteiger partial charge in [-0.15, -0.1) is 0 Å². The lowest BCUT2D eigenvalue weighted by Crippen LogP contribution is -2.55. The van der Waals surface area contributed by atoms with Gasteiger partial charge >= 0.3 is 5.97 Å². The van der Waals surface area contributed by atoms with E-state index in [4.69, 9.17) is 4.74 Å². The number of rotatable bonds is 4. The number of piperidine rings is 1. The van der Waals surface area contributed by atoms with Crippen LogP contribution in [0, 0.1) is 11.8 Å². The Morgan fingerprint density at radius 2 is 1.77 bits per heavy atom. The van der Waals surface area contributed by atoms with Gasteiger partial charge in [0.05, 0.1) is 36.2 Å². The molecule has 2 aliphatic rings. The predicted molar refractivity (Wildman–Crippen MR) is 112 cm³/mol. The van der Waals surface area contributed by atoms with Crippen LogP contribution in [0.25, 0.3) is 0 Å². The van der Waals surface area contributed by atoms with Crippen LogP contribution < -0.4 is 15.8 Å². The zero-order valence-electron chi connectivity index (χ0n) is 16.9. The van der Waals surface area contributed by atoms with Crippen molar-refractivity contribution in [3.05, 3.63) is 60.2 Å². The van der Waals surface area contributed by atoms with Crippen LogP contribution in [-0.4, -0.2) is 56.0 Å². The number of benzene rings is 2. The van der Waals surface area contributed by atoms with Crippen LogP contribution in [0.1, 0.15) is 10.4 Å². The lowest BCUT2D eigenvalue weighted by atomic mass is 9.84. The number of methoxy groups -OCH3 is 1. The summed E-state index contributed by atoms with van der Waals surface area (Å²) >= 11 is 0. The first-order valence-electron chi connectivity index (χ1n) is 9.81. The zero-order chi connectivity index (χ0) is 21.3. The third-order valence-corrected chi connectivity index (χ3v) is 5.62. The lowest BCUT2D eigenvalue weighted by Gasteiger charge is -2.36. The lowest BCUT2D eigenvalue weighted by molar-refractivity contribution is -0.125. The third-order valence-electron chi connectivity index (χ3n) is 5.62. The van der Waals surface area contributed by atoms with Gasteiger partial charge in [0.1, 0.15) is 0 Å². The molecule has 2 amide bonds. The van der Waals surface area contributed by atoms with Gasteiger partial charge in [-0.1, -0.05) is 18.2 Å². The van der Waals surface area contributed by atoms with Crippen molar-refractivity contribution in [1.82, 2.24) is 10.3 Å². The second-order valence-corrected chi connectivity index (χ2v) is 7.66. The maximum Gasteiger partial charge on any atom is 0.337 e. The number of para-hydroxylation sites is 1. The summed E-state index contributed by atoms with van der Waals surface area (Å²) in [7, 11) is 3.24. The second kappa shape index (κ2) is 8.25. The predicted octanol–water partition coefficient (Wildman–Crippen LogP) is 1.51. The van der Waals surface area contributed by atoms with E-state index >= 15 is 0 Å². The molecule has 0 saturated carbocycles. The topological polar surface area (TPSA) is 91.0 Å². The molecule has 0 aliphatic carbocycles. The number of hydrogen-bond acceptors (Lipinski definition) is 6. The standard InChI is InChI=1S/C22H24N4O4/c1-25-12-17(20(27)23-15-10-8-14(9-11-15)22(29)30-2)19-18(13-25)21(28)26(24-19)16-6-4-3-5-7-16/h3-11,17-19,24H,12-13H2,1-2H3,(H,23,27). The fourth-order valence-electron chi connectivity index (χ4n) is 4.11. The first-order chi connectivity index (χ1) is 14.5. The van der Waals surface area contributed by atoms with E-state index in [1.165, 1.54) is 7.11 Å². The minimum atomic E-state index is -0.431. The highest BCUT2D eigenvalue weighted by Crippen LogP contribution is 2.31. The molecule has 8 heteroatoms. The van der Waals surface area contributed by atoms with Gasteiger partial charge in [-0.05, 0) is 43.4 Å². The molecule has 30 heavy (non-hydrogen) atoms. The van der Waals surface area contributed by atoms with Crippen LogP contribution in [0.3, 0.4) is 0 Å². The van der Waals surface area contributed by atoms with E-state index in [2.05, 4.69) is 10.7 Å². The molecular weight excluding hydrogens is 384 g/mol. The molecule has 2 aromatic rings. The maximum absolute atomic E-state index is 13.1. The Morgan fingerprint density at radius 3 is 2.43 bits per heavy atom. The Kier molecular flexibility index (Phi) is 5.52. The monoisotopic (exact) mass is 408 g/mol. The van der Waals surface area contributed by atoms with Gasteiger partial charge in [-0.2, -0.15) is 0 Å². The number of hydrogen-bond donors (Lipinski definition) is 2. The van der Waals surface area contributed by atoms with Gasteiger partial charge < -0.3 is 15.0 Å². The van der Waals surface area contributed by atoms with E-state index in [0.717, 1.165) is 5.69 Å². The molecule has 0 radical (unpaired) electrons. The summed E-state index contributed by atoms with van der Waals surface area (Å²) < 4.78 is 4.69. The summed E-state index contributed by atoms with van der Waals surface area (Å²) in [4.78, 5) is 39.7. The number of anilines is 2. The minimum Gasteiger partial charge on any atom is -0.465 e. The number of likely N-dealkylation sites (tertiary alicyclic amines) is 1. The van der Waals surface area contributed by atoms with Crippen molar-refractivity contribution < 1.29 is 19.1 Å². The highest BCUT2D eigenvalue weighted by Gasteiger charge is 2.50. The first kappa shape index (κ1) is 20.1. The van der Waals surface area contributed by atoms with Crippen molar-refractivity contribution in [2.24, 2.45) is 11.8 Å². The number of nitrogens with zero attached hydrogens (tertiary/aromatic N) is 2. The number of ether oxygens (including phenoxy) is 1. The molecule has 2 aromatic carbocycles. The van der Waals surface area contributed by atoms with E-state index in [0.29, 0.717) is 24.3 Å². The van der Waals surface area contributed by atoms with Gasteiger partial charge in [-0.3, -0.25) is 9.59 Å². The first-order valence-corrected chi connectivity index (χ1v) is 9.81. The van der Waals surface area contributed by atoms with E-state index in [9.17, 15) is 14.4 Å². The second-order valence-electron chi connectivity index (χ2n) is 7.66. The van der Waals surface area contributed by atoms with E-state index in [-0.39, 0.29) is 23.8 Å². The summed E-state index contributed by atoms with van der Waals surface area (Å²) in [5.74, 6) is -1.34. The Morgan fingerprint density at radius 1 is 1.07 bits per heavy atom. The Bertz CT molecular complexity index is 947. The molecule has 4 rings (SSSR count). The molecule has 2 fully saturated rings. The van der Waals surface area contributed by atoms with Crippen molar-refractivity contribution in [2.45, 2.75) is 6.04 Å². The highest BCUT2D eigenvalue weighted by molar-refractivity contribution is 6.00. The number of nitrogens with one attached hydrogen (secondary N) is 2. The zero-order valence-corrected chi connectivity index (χ0v) is 16.9. The van der Waals surface area contributed by atoms with E-state index < -0.39 is 11.9 Å². The Hall–Kier alpha value is -3.23. The molecule has 8 nitrogen and oxygen atoms in total. The largest absolute Gasteiger partial charge is 0.465 e. The summed E-state index contributed by atoms with van der Waals surface area (Å²) in [5.41, 5.74) is 5.02. The summed E-state index contributed by atoms with van der Waals surface area (Å²) in [6.45, 7) is 1.13. The van der Waals surface area contributed by atoms with Crippen LogP contribution in [0.5, 0.6) is 0 Å². The average Bonchev–Trinajstić information content (AvgIpc) is 3.10. The maximum atomic E-state index is 13.1.